The molecule has 8 nitrogen and oxygen atoms in total. The SMILES string of the molecule is O=C(Nc1ccc(Cl)cn1)[C@@H]1CCCN(C(=O)CN2C(=O)[C@H]3CC=CC[C@H]3C2=O)C1. The summed E-state index contributed by atoms with van der Waals surface area (Å²) in [6.07, 6.45) is 7.71. The summed E-state index contributed by atoms with van der Waals surface area (Å²) in [5.74, 6) is -1.71. The van der Waals surface area contributed by atoms with Gasteiger partial charge in [-0.25, -0.2) is 4.98 Å². The van der Waals surface area contributed by atoms with Crippen molar-refractivity contribution in [1.82, 2.24) is 14.8 Å². The van der Waals surface area contributed by atoms with Crippen molar-refractivity contribution in [3.63, 3.8) is 0 Å². The summed E-state index contributed by atoms with van der Waals surface area (Å²) < 4.78 is 0. The van der Waals surface area contributed by atoms with Gasteiger partial charge in [0.15, 0.2) is 0 Å². The van der Waals surface area contributed by atoms with Crippen molar-refractivity contribution in [3.8, 4) is 0 Å². The van der Waals surface area contributed by atoms with Crippen LogP contribution in [-0.2, 0) is 19.2 Å². The summed E-state index contributed by atoms with van der Waals surface area (Å²) in [4.78, 5) is 57.3. The van der Waals surface area contributed by atoms with E-state index in [-0.39, 0.29) is 54.5 Å². The van der Waals surface area contributed by atoms with E-state index in [4.69, 9.17) is 11.6 Å². The normalized spacial score (nSPS) is 26.0. The molecular weight excluding hydrogens is 408 g/mol. The van der Waals surface area contributed by atoms with E-state index in [0.717, 1.165) is 4.90 Å². The minimum absolute atomic E-state index is 0.215. The van der Waals surface area contributed by atoms with Gasteiger partial charge in [-0.3, -0.25) is 24.1 Å². The average molecular weight is 431 g/mol. The van der Waals surface area contributed by atoms with Gasteiger partial charge >= 0.3 is 0 Å². The number of halogens is 1. The fourth-order valence-electron chi connectivity index (χ4n) is 4.36. The van der Waals surface area contributed by atoms with E-state index in [0.29, 0.717) is 43.1 Å². The zero-order valence-corrected chi connectivity index (χ0v) is 17.2. The maximum absolute atomic E-state index is 12.8. The summed E-state index contributed by atoms with van der Waals surface area (Å²) >= 11 is 5.81. The molecule has 3 heterocycles. The number of imide groups is 1. The number of rotatable bonds is 4. The van der Waals surface area contributed by atoms with Crippen molar-refractivity contribution in [2.75, 3.05) is 25.0 Å². The van der Waals surface area contributed by atoms with Crippen molar-refractivity contribution >= 4 is 41.0 Å². The molecule has 0 spiro atoms. The van der Waals surface area contributed by atoms with E-state index in [1.54, 1.807) is 17.0 Å². The fraction of sp³-hybridized carbons (Fsp3) is 0.476. The number of nitrogens with zero attached hydrogens (tertiary/aromatic N) is 3. The van der Waals surface area contributed by atoms with Crippen LogP contribution in [0, 0.1) is 17.8 Å². The lowest BCUT2D eigenvalue weighted by Gasteiger charge is -2.32. The Balaban J connectivity index is 1.35. The van der Waals surface area contributed by atoms with Crippen LogP contribution in [0.15, 0.2) is 30.5 Å². The van der Waals surface area contributed by atoms with Gasteiger partial charge in [0.05, 0.1) is 22.8 Å². The number of likely N-dealkylation sites (tertiary alicyclic amines) is 2. The Morgan fingerprint density at radius 2 is 1.83 bits per heavy atom. The molecule has 158 valence electrons. The Morgan fingerprint density at radius 1 is 1.13 bits per heavy atom. The quantitative estimate of drug-likeness (QED) is 0.580. The molecule has 2 fully saturated rings. The lowest BCUT2D eigenvalue weighted by molar-refractivity contribution is -0.147. The Morgan fingerprint density at radius 3 is 2.47 bits per heavy atom. The molecule has 4 amide bonds. The number of hydrogen-bond acceptors (Lipinski definition) is 5. The highest BCUT2D eigenvalue weighted by Gasteiger charge is 2.48. The van der Waals surface area contributed by atoms with E-state index in [1.165, 1.54) is 6.20 Å². The molecular formula is C21H23ClN4O4. The molecule has 0 radical (unpaired) electrons. The summed E-state index contributed by atoms with van der Waals surface area (Å²) in [5.41, 5.74) is 0. The molecule has 1 N–H and O–H groups in total. The number of allylic oxidation sites excluding steroid dienone is 2. The molecule has 0 aromatic carbocycles. The van der Waals surface area contributed by atoms with Gasteiger partial charge in [0.25, 0.3) is 0 Å². The molecule has 1 aromatic rings. The van der Waals surface area contributed by atoms with E-state index < -0.39 is 0 Å². The van der Waals surface area contributed by atoms with Crippen molar-refractivity contribution in [3.05, 3.63) is 35.5 Å². The lowest BCUT2D eigenvalue weighted by Crippen LogP contribution is -2.48. The van der Waals surface area contributed by atoms with Gasteiger partial charge in [0, 0.05) is 19.3 Å². The van der Waals surface area contributed by atoms with Crippen LogP contribution in [0.2, 0.25) is 5.02 Å². The topological polar surface area (TPSA) is 99.7 Å². The summed E-state index contributed by atoms with van der Waals surface area (Å²) in [5, 5.41) is 3.22. The molecule has 9 heteroatoms. The van der Waals surface area contributed by atoms with Crippen LogP contribution in [-0.4, -0.2) is 58.0 Å². The number of pyridine rings is 1. The Hall–Kier alpha value is -2.74. The number of aromatic nitrogens is 1. The van der Waals surface area contributed by atoms with Gasteiger partial charge in [-0.1, -0.05) is 23.8 Å². The van der Waals surface area contributed by atoms with Crippen LogP contribution in [0.5, 0.6) is 0 Å². The van der Waals surface area contributed by atoms with Gasteiger partial charge in [-0.15, -0.1) is 0 Å². The first-order chi connectivity index (χ1) is 14.4. The monoisotopic (exact) mass is 430 g/mol. The molecule has 1 aromatic heterocycles. The minimum Gasteiger partial charge on any atom is -0.340 e. The zero-order chi connectivity index (χ0) is 21.3. The van der Waals surface area contributed by atoms with Crippen LogP contribution < -0.4 is 5.32 Å². The Labute approximate surface area is 179 Å². The van der Waals surface area contributed by atoms with Gasteiger partial charge in [-0.05, 0) is 37.8 Å². The summed E-state index contributed by atoms with van der Waals surface area (Å²) in [6.45, 7) is 0.507. The second-order valence-corrected chi connectivity index (χ2v) is 8.38. The minimum atomic E-state index is -0.378. The summed E-state index contributed by atoms with van der Waals surface area (Å²) in [7, 11) is 0. The van der Waals surface area contributed by atoms with Crippen LogP contribution in [0.4, 0.5) is 5.82 Å². The summed E-state index contributed by atoms with van der Waals surface area (Å²) in [6, 6.07) is 3.25. The largest absolute Gasteiger partial charge is 0.340 e. The van der Waals surface area contributed by atoms with Crippen molar-refractivity contribution < 1.29 is 19.2 Å². The molecule has 2 aliphatic heterocycles. The molecule has 0 saturated carbocycles. The van der Waals surface area contributed by atoms with Gasteiger partial charge in [0.2, 0.25) is 23.6 Å². The molecule has 3 atom stereocenters. The van der Waals surface area contributed by atoms with Gasteiger partial charge in [0.1, 0.15) is 12.4 Å². The number of nitrogens with one attached hydrogen (secondary N) is 1. The third kappa shape index (κ3) is 4.09. The van der Waals surface area contributed by atoms with Gasteiger partial charge in [-0.2, -0.15) is 0 Å². The lowest BCUT2D eigenvalue weighted by atomic mass is 9.85. The third-order valence-corrected chi connectivity index (χ3v) is 6.24. The highest BCUT2D eigenvalue weighted by molar-refractivity contribution is 6.30. The molecule has 0 unspecified atom stereocenters. The second kappa shape index (κ2) is 8.55. The zero-order valence-electron chi connectivity index (χ0n) is 16.4. The van der Waals surface area contributed by atoms with Gasteiger partial charge < -0.3 is 10.2 Å². The number of carbonyl (C=O) groups excluding carboxylic acids is 4. The number of anilines is 1. The van der Waals surface area contributed by atoms with E-state index >= 15 is 0 Å². The van der Waals surface area contributed by atoms with E-state index in [9.17, 15) is 19.2 Å². The molecule has 30 heavy (non-hydrogen) atoms. The predicted molar refractivity (Wildman–Crippen MR) is 109 cm³/mol. The third-order valence-electron chi connectivity index (χ3n) is 6.02. The predicted octanol–water partition coefficient (Wildman–Crippen LogP) is 1.86. The van der Waals surface area contributed by atoms with Crippen molar-refractivity contribution in [1.29, 1.82) is 0 Å². The number of fused-ring (bicyclic) bond motifs is 1. The van der Waals surface area contributed by atoms with Crippen molar-refractivity contribution in [2.24, 2.45) is 17.8 Å². The molecule has 4 rings (SSSR count). The maximum atomic E-state index is 12.8. The fourth-order valence-corrected chi connectivity index (χ4v) is 4.47. The number of piperidine rings is 1. The van der Waals surface area contributed by atoms with Crippen LogP contribution >= 0.6 is 11.6 Å². The van der Waals surface area contributed by atoms with Crippen molar-refractivity contribution in [2.45, 2.75) is 25.7 Å². The number of carbonyl (C=O) groups is 4. The smallest absolute Gasteiger partial charge is 0.242 e. The Bertz CT molecular complexity index is 875. The highest BCUT2D eigenvalue weighted by atomic mass is 35.5. The first-order valence-corrected chi connectivity index (χ1v) is 10.5. The second-order valence-electron chi connectivity index (χ2n) is 7.95. The molecule has 3 aliphatic rings. The molecule has 1 aliphatic carbocycles. The van der Waals surface area contributed by atoms with Crippen LogP contribution in [0.25, 0.3) is 0 Å². The standard InChI is InChI=1S/C21H23ClN4O4/c22-14-7-8-17(23-10-14)24-19(28)13-4-3-9-25(11-13)18(27)12-26-20(29)15-5-1-2-6-16(15)21(26)30/h1-2,7-8,10,13,15-16H,3-6,9,11-12H2,(H,23,24,28)/t13-,15-,16+/m1/s1. The first kappa shape index (κ1) is 20.5. The van der Waals surface area contributed by atoms with E-state index in [2.05, 4.69) is 10.3 Å². The highest BCUT2D eigenvalue weighted by Crippen LogP contribution is 2.35. The number of amides is 4. The van der Waals surface area contributed by atoms with Crippen LogP contribution in [0.3, 0.4) is 0 Å². The van der Waals surface area contributed by atoms with Crippen LogP contribution in [0.1, 0.15) is 25.7 Å². The maximum Gasteiger partial charge on any atom is 0.242 e. The molecule has 2 saturated heterocycles. The van der Waals surface area contributed by atoms with E-state index in [1.807, 2.05) is 12.2 Å². The Kier molecular flexibility index (Phi) is 5.85. The number of hydrogen-bond donors (Lipinski definition) is 1. The average Bonchev–Trinajstić information content (AvgIpc) is 3.00. The molecule has 0 bridgehead atoms. The first-order valence-electron chi connectivity index (χ1n) is 10.1.